The molecule has 0 atom stereocenters. The van der Waals surface area contributed by atoms with Crippen LogP contribution in [0.3, 0.4) is 0 Å². The van der Waals surface area contributed by atoms with E-state index < -0.39 is 5.41 Å². The van der Waals surface area contributed by atoms with Crippen molar-refractivity contribution in [2.45, 2.75) is 19.4 Å². The molecule has 0 unspecified atom stereocenters. The highest BCUT2D eigenvalue weighted by Gasteiger charge is 2.56. The smallest absolute Gasteiger partial charge is 0.240 e. The van der Waals surface area contributed by atoms with E-state index in [1.807, 2.05) is 30.3 Å². The first kappa shape index (κ1) is 15.6. The Balaban J connectivity index is 1.60. The van der Waals surface area contributed by atoms with Crippen molar-refractivity contribution in [1.82, 2.24) is 5.32 Å². The Hall–Kier alpha value is -2.33. The highest BCUT2D eigenvalue weighted by molar-refractivity contribution is 6.30. The molecule has 2 aromatic rings. The maximum Gasteiger partial charge on any atom is 0.240 e. The van der Waals surface area contributed by atoms with Crippen molar-refractivity contribution in [1.29, 1.82) is 0 Å². The van der Waals surface area contributed by atoms with Crippen LogP contribution in [-0.2, 0) is 16.1 Å². The van der Waals surface area contributed by atoms with Gasteiger partial charge in [0, 0.05) is 17.3 Å². The standard InChI is InChI=1S/C18H17ClN2O2/c19-14-8-6-13(7-9-14)12-20-16(22)18(10-11-18)17(23)21-15-4-2-1-3-5-15/h1-9H,10-12H2,(H,20,22)(H,21,23). The Bertz CT molecular complexity index is 710. The molecule has 5 heteroatoms. The molecule has 0 heterocycles. The maximum atomic E-state index is 12.4. The molecule has 1 fully saturated rings. The van der Waals surface area contributed by atoms with Gasteiger partial charge in [-0.05, 0) is 42.7 Å². The van der Waals surface area contributed by atoms with Crippen molar-refractivity contribution in [2.24, 2.45) is 5.41 Å². The second-order valence-corrected chi connectivity index (χ2v) is 6.15. The molecule has 0 aliphatic heterocycles. The zero-order valence-electron chi connectivity index (χ0n) is 12.5. The third-order valence-electron chi connectivity index (χ3n) is 4.02. The quantitative estimate of drug-likeness (QED) is 0.827. The Morgan fingerprint density at radius 1 is 0.957 bits per heavy atom. The summed E-state index contributed by atoms with van der Waals surface area (Å²) in [6.45, 7) is 0.385. The number of hydrogen-bond donors (Lipinski definition) is 2. The first-order chi connectivity index (χ1) is 11.1. The lowest BCUT2D eigenvalue weighted by molar-refractivity contribution is -0.134. The van der Waals surface area contributed by atoms with Crippen molar-refractivity contribution in [3.63, 3.8) is 0 Å². The van der Waals surface area contributed by atoms with Gasteiger partial charge in [-0.1, -0.05) is 41.9 Å². The molecule has 0 radical (unpaired) electrons. The molecule has 0 spiro atoms. The van der Waals surface area contributed by atoms with Crippen LogP contribution in [0.2, 0.25) is 5.02 Å². The van der Waals surface area contributed by atoms with Crippen LogP contribution in [-0.4, -0.2) is 11.8 Å². The van der Waals surface area contributed by atoms with Crippen molar-refractivity contribution in [2.75, 3.05) is 5.32 Å². The van der Waals surface area contributed by atoms with Crippen molar-refractivity contribution in [3.8, 4) is 0 Å². The number of hydrogen-bond acceptors (Lipinski definition) is 2. The number of halogens is 1. The molecule has 0 saturated heterocycles. The van der Waals surface area contributed by atoms with Crippen LogP contribution in [0.25, 0.3) is 0 Å². The van der Waals surface area contributed by atoms with Gasteiger partial charge in [0.1, 0.15) is 5.41 Å². The van der Waals surface area contributed by atoms with E-state index >= 15 is 0 Å². The normalized spacial score (nSPS) is 14.8. The van der Waals surface area contributed by atoms with Gasteiger partial charge in [0.2, 0.25) is 11.8 Å². The topological polar surface area (TPSA) is 58.2 Å². The van der Waals surface area contributed by atoms with Crippen LogP contribution in [0.1, 0.15) is 18.4 Å². The summed E-state index contributed by atoms with van der Waals surface area (Å²) in [5.41, 5.74) is 0.721. The first-order valence-electron chi connectivity index (χ1n) is 7.49. The van der Waals surface area contributed by atoms with Crippen LogP contribution in [0, 0.1) is 5.41 Å². The van der Waals surface area contributed by atoms with Gasteiger partial charge in [0.15, 0.2) is 0 Å². The van der Waals surface area contributed by atoms with Crippen molar-refractivity contribution < 1.29 is 9.59 Å². The van der Waals surface area contributed by atoms with E-state index in [0.717, 1.165) is 5.56 Å². The van der Waals surface area contributed by atoms with E-state index in [4.69, 9.17) is 11.6 Å². The van der Waals surface area contributed by atoms with Crippen LogP contribution >= 0.6 is 11.6 Å². The van der Waals surface area contributed by atoms with Gasteiger partial charge in [-0.2, -0.15) is 0 Å². The summed E-state index contributed by atoms with van der Waals surface area (Å²) in [4.78, 5) is 24.8. The van der Waals surface area contributed by atoms with E-state index in [1.165, 1.54) is 0 Å². The van der Waals surface area contributed by atoms with E-state index in [0.29, 0.717) is 30.1 Å². The SMILES string of the molecule is O=C(NCc1ccc(Cl)cc1)C1(C(=O)Nc2ccccc2)CC1. The number of para-hydroxylation sites is 1. The summed E-state index contributed by atoms with van der Waals surface area (Å²) < 4.78 is 0. The second kappa shape index (κ2) is 6.42. The molecule has 4 nitrogen and oxygen atoms in total. The minimum Gasteiger partial charge on any atom is -0.351 e. The molecule has 118 valence electrons. The Morgan fingerprint density at radius 3 is 2.22 bits per heavy atom. The summed E-state index contributed by atoms with van der Waals surface area (Å²) in [7, 11) is 0. The lowest BCUT2D eigenvalue weighted by Crippen LogP contribution is -2.39. The van der Waals surface area contributed by atoms with E-state index in [2.05, 4.69) is 10.6 Å². The van der Waals surface area contributed by atoms with Crippen LogP contribution in [0.4, 0.5) is 5.69 Å². The summed E-state index contributed by atoms with van der Waals surface area (Å²) in [5.74, 6) is -0.460. The fraction of sp³-hybridized carbons (Fsp3) is 0.222. The van der Waals surface area contributed by atoms with Gasteiger partial charge in [-0.25, -0.2) is 0 Å². The van der Waals surface area contributed by atoms with Crippen molar-refractivity contribution >= 4 is 29.1 Å². The first-order valence-corrected chi connectivity index (χ1v) is 7.87. The molecule has 0 aromatic heterocycles. The lowest BCUT2D eigenvalue weighted by atomic mass is 10.0. The molecule has 3 rings (SSSR count). The van der Waals surface area contributed by atoms with Gasteiger partial charge in [-0.15, -0.1) is 0 Å². The van der Waals surface area contributed by atoms with Crippen LogP contribution < -0.4 is 10.6 Å². The summed E-state index contributed by atoms with van der Waals surface area (Å²) in [5, 5.41) is 6.31. The molecular weight excluding hydrogens is 312 g/mol. The second-order valence-electron chi connectivity index (χ2n) is 5.71. The largest absolute Gasteiger partial charge is 0.351 e. The molecule has 1 saturated carbocycles. The monoisotopic (exact) mass is 328 g/mol. The maximum absolute atomic E-state index is 12.4. The predicted molar refractivity (Wildman–Crippen MR) is 90.0 cm³/mol. The third-order valence-corrected chi connectivity index (χ3v) is 4.27. The third kappa shape index (κ3) is 3.54. The molecule has 2 aromatic carbocycles. The zero-order valence-corrected chi connectivity index (χ0v) is 13.3. The van der Waals surface area contributed by atoms with Gasteiger partial charge in [0.25, 0.3) is 0 Å². The van der Waals surface area contributed by atoms with E-state index in [1.54, 1.807) is 24.3 Å². The van der Waals surface area contributed by atoms with Crippen LogP contribution in [0.5, 0.6) is 0 Å². The predicted octanol–water partition coefficient (Wildman–Crippen LogP) is 3.38. The highest BCUT2D eigenvalue weighted by Crippen LogP contribution is 2.46. The summed E-state index contributed by atoms with van der Waals surface area (Å²) in [6, 6.07) is 16.4. The summed E-state index contributed by atoms with van der Waals surface area (Å²) >= 11 is 5.84. The fourth-order valence-electron chi connectivity index (χ4n) is 2.41. The highest BCUT2D eigenvalue weighted by atomic mass is 35.5. The minimum absolute atomic E-state index is 0.221. The lowest BCUT2D eigenvalue weighted by Gasteiger charge is -2.15. The molecule has 2 N–H and O–H groups in total. The van der Waals surface area contributed by atoms with E-state index in [-0.39, 0.29) is 11.8 Å². The number of carbonyl (C=O) groups excluding carboxylic acids is 2. The van der Waals surface area contributed by atoms with Gasteiger partial charge < -0.3 is 10.6 Å². The number of carbonyl (C=O) groups is 2. The average molecular weight is 329 g/mol. The molecule has 23 heavy (non-hydrogen) atoms. The number of benzene rings is 2. The van der Waals surface area contributed by atoms with Gasteiger partial charge >= 0.3 is 0 Å². The van der Waals surface area contributed by atoms with Crippen molar-refractivity contribution in [3.05, 3.63) is 65.2 Å². The molecule has 0 bridgehead atoms. The Labute approximate surface area is 139 Å². The Kier molecular flexibility index (Phi) is 4.35. The van der Waals surface area contributed by atoms with Gasteiger partial charge in [-0.3, -0.25) is 9.59 Å². The number of rotatable bonds is 5. The van der Waals surface area contributed by atoms with E-state index in [9.17, 15) is 9.59 Å². The van der Waals surface area contributed by atoms with Crippen LogP contribution in [0.15, 0.2) is 54.6 Å². The molecule has 2 amide bonds. The number of amides is 2. The molecule has 1 aliphatic carbocycles. The average Bonchev–Trinajstić information content (AvgIpc) is 3.37. The van der Waals surface area contributed by atoms with Gasteiger partial charge in [0.05, 0.1) is 0 Å². The number of anilines is 1. The number of nitrogens with one attached hydrogen (secondary N) is 2. The molecule has 1 aliphatic rings. The fourth-order valence-corrected chi connectivity index (χ4v) is 2.53. The Morgan fingerprint density at radius 2 is 1.61 bits per heavy atom. The zero-order chi connectivity index (χ0) is 16.3. The minimum atomic E-state index is -0.928. The molecular formula is C18H17ClN2O2. The summed E-state index contributed by atoms with van der Waals surface area (Å²) in [6.07, 6.45) is 1.16.